The van der Waals surface area contributed by atoms with Crippen LogP contribution in [0.15, 0.2) is 94.0 Å². The molecule has 0 bridgehead atoms. The highest BCUT2D eigenvalue weighted by atomic mass is 32.2. The van der Waals surface area contributed by atoms with Crippen LogP contribution in [0, 0.1) is 0 Å². The summed E-state index contributed by atoms with van der Waals surface area (Å²) in [7, 11) is 0. The van der Waals surface area contributed by atoms with Crippen molar-refractivity contribution >= 4 is 35.6 Å². The Morgan fingerprint density at radius 1 is 1.03 bits per heavy atom. The predicted molar refractivity (Wildman–Crippen MR) is 143 cm³/mol. The molecule has 9 heteroatoms. The Kier molecular flexibility index (Phi) is 8.58. The van der Waals surface area contributed by atoms with Crippen LogP contribution in [-0.4, -0.2) is 45.5 Å². The molecule has 1 heterocycles. The Balaban J connectivity index is 1.48. The van der Waals surface area contributed by atoms with Gasteiger partial charge in [0, 0.05) is 16.1 Å². The minimum absolute atomic E-state index is 0.146. The maximum atomic E-state index is 12.4. The first-order valence-electron chi connectivity index (χ1n) is 11.0. The van der Waals surface area contributed by atoms with Gasteiger partial charge < -0.3 is 4.74 Å². The van der Waals surface area contributed by atoms with Crippen molar-refractivity contribution in [3.05, 3.63) is 84.4 Å². The first kappa shape index (κ1) is 24.6. The van der Waals surface area contributed by atoms with Crippen molar-refractivity contribution in [3.8, 4) is 22.8 Å². The topological polar surface area (TPSA) is 81.4 Å². The molecule has 1 aromatic heterocycles. The van der Waals surface area contributed by atoms with E-state index in [-0.39, 0.29) is 11.7 Å². The zero-order chi connectivity index (χ0) is 24.5. The monoisotopic (exact) mass is 503 g/mol. The summed E-state index contributed by atoms with van der Waals surface area (Å²) < 4.78 is 7.51. The van der Waals surface area contributed by atoms with Crippen LogP contribution in [0.5, 0.6) is 5.75 Å². The maximum absolute atomic E-state index is 12.4. The number of carbonyl (C=O) groups excluding carboxylic acids is 1. The molecule has 4 rings (SSSR count). The number of amides is 1. The SMILES string of the molecule is CCOc1ccc(-n2c(SCC(=O)N/N=C\c3ccc(SC)cc3)nnc2-c2ccccc2)cc1. The number of benzene rings is 3. The van der Waals surface area contributed by atoms with Gasteiger partial charge in [-0.05, 0) is 55.1 Å². The second-order valence-corrected chi connectivity index (χ2v) is 9.11. The van der Waals surface area contributed by atoms with Crippen LogP contribution in [0.4, 0.5) is 0 Å². The van der Waals surface area contributed by atoms with Gasteiger partial charge in [0.1, 0.15) is 5.75 Å². The number of nitrogens with one attached hydrogen (secondary N) is 1. The van der Waals surface area contributed by atoms with E-state index in [1.165, 1.54) is 16.7 Å². The third kappa shape index (κ3) is 6.52. The number of nitrogens with zero attached hydrogens (tertiary/aromatic N) is 4. The molecule has 0 spiro atoms. The lowest BCUT2D eigenvalue weighted by atomic mass is 10.2. The van der Waals surface area contributed by atoms with Crippen molar-refractivity contribution in [3.63, 3.8) is 0 Å². The summed E-state index contributed by atoms with van der Waals surface area (Å²) in [6.45, 7) is 2.55. The van der Waals surface area contributed by atoms with Crippen molar-refractivity contribution in [2.24, 2.45) is 5.10 Å². The molecule has 3 aromatic carbocycles. The minimum atomic E-state index is -0.227. The van der Waals surface area contributed by atoms with Crippen LogP contribution in [0.25, 0.3) is 17.1 Å². The molecule has 0 atom stereocenters. The van der Waals surface area contributed by atoms with Gasteiger partial charge in [-0.15, -0.1) is 22.0 Å². The van der Waals surface area contributed by atoms with E-state index in [4.69, 9.17) is 4.74 Å². The maximum Gasteiger partial charge on any atom is 0.250 e. The predicted octanol–water partition coefficient (Wildman–Crippen LogP) is 5.30. The number of carbonyl (C=O) groups is 1. The van der Waals surface area contributed by atoms with E-state index in [1.54, 1.807) is 18.0 Å². The molecule has 7 nitrogen and oxygen atoms in total. The average Bonchev–Trinajstić information content (AvgIpc) is 3.33. The molecule has 0 aliphatic carbocycles. The second-order valence-electron chi connectivity index (χ2n) is 7.29. The molecule has 178 valence electrons. The molecule has 1 amide bonds. The Labute approximate surface area is 213 Å². The molecule has 0 aliphatic rings. The first-order chi connectivity index (χ1) is 17.2. The van der Waals surface area contributed by atoms with Crippen molar-refractivity contribution in [1.29, 1.82) is 0 Å². The van der Waals surface area contributed by atoms with Crippen LogP contribution in [0.3, 0.4) is 0 Å². The molecule has 0 saturated carbocycles. The summed E-state index contributed by atoms with van der Waals surface area (Å²) in [5, 5.41) is 13.5. The highest BCUT2D eigenvalue weighted by Crippen LogP contribution is 2.28. The molecular weight excluding hydrogens is 478 g/mol. The lowest BCUT2D eigenvalue weighted by Crippen LogP contribution is -2.20. The fourth-order valence-corrected chi connectivity index (χ4v) is 4.41. The van der Waals surface area contributed by atoms with Crippen LogP contribution in [0.2, 0.25) is 0 Å². The number of aromatic nitrogens is 3. The second kappa shape index (κ2) is 12.2. The number of hydrogen-bond acceptors (Lipinski definition) is 7. The van der Waals surface area contributed by atoms with Gasteiger partial charge in [-0.1, -0.05) is 54.2 Å². The summed E-state index contributed by atoms with van der Waals surface area (Å²) in [6.07, 6.45) is 3.66. The van der Waals surface area contributed by atoms with Crippen LogP contribution >= 0.6 is 23.5 Å². The number of hydrogen-bond donors (Lipinski definition) is 1. The molecule has 0 saturated heterocycles. The van der Waals surface area contributed by atoms with Crippen molar-refractivity contribution < 1.29 is 9.53 Å². The van der Waals surface area contributed by atoms with Gasteiger partial charge in [0.25, 0.3) is 5.91 Å². The molecule has 0 unspecified atom stereocenters. The molecule has 35 heavy (non-hydrogen) atoms. The van der Waals surface area contributed by atoms with Gasteiger partial charge in [0.2, 0.25) is 0 Å². The van der Waals surface area contributed by atoms with Crippen LogP contribution in [0.1, 0.15) is 12.5 Å². The highest BCUT2D eigenvalue weighted by Gasteiger charge is 2.17. The molecule has 4 aromatic rings. The molecule has 0 radical (unpaired) electrons. The Hall–Kier alpha value is -3.56. The lowest BCUT2D eigenvalue weighted by molar-refractivity contribution is -0.118. The smallest absolute Gasteiger partial charge is 0.250 e. The van der Waals surface area contributed by atoms with Gasteiger partial charge in [-0.2, -0.15) is 5.10 Å². The fraction of sp³-hybridized carbons (Fsp3) is 0.154. The van der Waals surface area contributed by atoms with Crippen LogP contribution < -0.4 is 10.2 Å². The van der Waals surface area contributed by atoms with Gasteiger partial charge in [-0.25, -0.2) is 5.43 Å². The normalized spacial score (nSPS) is 11.0. The first-order valence-corrected chi connectivity index (χ1v) is 13.2. The van der Waals surface area contributed by atoms with E-state index in [1.807, 2.05) is 96.6 Å². The van der Waals surface area contributed by atoms with Gasteiger partial charge in [-0.3, -0.25) is 9.36 Å². The van der Waals surface area contributed by atoms with E-state index in [2.05, 4.69) is 20.7 Å². The standard InChI is InChI=1S/C26H25N5O2S2/c1-3-33-22-13-11-21(12-14-22)31-25(20-7-5-4-6-8-20)29-30-26(31)35-18-24(32)28-27-17-19-9-15-23(34-2)16-10-19/h4-17H,3,18H2,1-2H3,(H,28,32)/b27-17-. The van der Waals surface area contributed by atoms with Gasteiger partial charge >= 0.3 is 0 Å². The molecular formula is C26H25N5O2S2. The Bertz CT molecular complexity index is 1270. The fourth-order valence-electron chi connectivity index (χ4n) is 3.26. The minimum Gasteiger partial charge on any atom is -0.494 e. The van der Waals surface area contributed by atoms with Gasteiger partial charge in [0.05, 0.1) is 18.6 Å². The molecule has 0 aliphatic heterocycles. The summed E-state index contributed by atoms with van der Waals surface area (Å²) in [6, 6.07) is 25.5. The lowest BCUT2D eigenvalue weighted by Gasteiger charge is -2.11. The van der Waals surface area contributed by atoms with Crippen molar-refractivity contribution in [2.75, 3.05) is 18.6 Å². The number of rotatable bonds is 10. The Morgan fingerprint density at radius 3 is 2.46 bits per heavy atom. The van der Waals surface area contributed by atoms with Gasteiger partial charge in [0.15, 0.2) is 11.0 Å². The summed E-state index contributed by atoms with van der Waals surface area (Å²) >= 11 is 2.98. The van der Waals surface area contributed by atoms with E-state index in [0.29, 0.717) is 17.6 Å². The number of thioether (sulfide) groups is 2. The number of ether oxygens (including phenoxy) is 1. The number of hydrazone groups is 1. The van der Waals surface area contributed by atoms with E-state index >= 15 is 0 Å². The summed E-state index contributed by atoms with van der Waals surface area (Å²) in [4.78, 5) is 13.6. The van der Waals surface area contributed by atoms with Crippen molar-refractivity contribution in [2.45, 2.75) is 17.0 Å². The van der Waals surface area contributed by atoms with E-state index in [0.717, 1.165) is 22.6 Å². The van der Waals surface area contributed by atoms with Crippen molar-refractivity contribution in [1.82, 2.24) is 20.2 Å². The third-order valence-corrected chi connectivity index (χ3v) is 6.59. The molecule has 0 fully saturated rings. The zero-order valence-electron chi connectivity index (χ0n) is 19.4. The van der Waals surface area contributed by atoms with E-state index < -0.39 is 0 Å². The quantitative estimate of drug-likeness (QED) is 0.180. The zero-order valence-corrected chi connectivity index (χ0v) is 21.1. The Morgan fingerprint density at radius 2 is 1.77 bits per heavy atom. The average molecular weight is 504 g/mol. The summed E-state index contributed by atoms with van der Waals surface area (Å²) in [5.41, 5.74) is 5.31. The van der Waals surface area contributed by atoms with E-state index in [9.17, 15) is 4.79 Å². The van der Waals surface area contributed by atoms with Crippen LogP contribution in [-0.2, 0) is 4.79 Å². The largest absolute Gasteiger partial charge is 0.494 e. The summed E-state index contributed by atoms with van der Waals surface area (Å²) in [5.74, 6) is 1.41. The third-order valence-electron chi connectivity index (χ3n) is 4.92. The highest BCUT2D eigenvalue weighted by molar-refractivity contribution is 7.99. The molecule has 1 N–H and O–H groups in total.